The van der Waals surface area contributed by atoms with Gasteiger partial charge in [-0.15, -0.1) is 0 Å². The zero-order valence-corrected chi connectivity index (χ0v) is 16.0. The maximum absolute atomic E-state index is 8.98. The van der Waals surface area contributed by atoms with E-state index in [-0.39, 0.29) is 0 Å². The monoisotopic (exact) mass is 369 g/mol. The maximum Gasteiger partial charge on any atom is 0.0669 e. The van der Waals surface area contributed by atoms with Crippen LogP contribution in [0.25, 0.3) is 43.8 Å². The lowest BCUT2D eigenvalue weighted by atomic mass is 9.86. The van der Waals surface area contributed by atoms with Crippen molar-refractivity contribution in [3.8, 4) is 28.3 Å². The minimum absolute atomic E-state index is 0.439. The van der Waals surface area contributed by atoms with Crippen molar-refractivity contribution < 1.29 is 0 Å². The molecule has 0 bridgehead atoms. The lowest BCUT2D eigenvalue weighted by Gasteiger charge is -2.17. The van der Waals surface area contributed by atoms with Gasteiger partial charge in [-0.3, -0.25) is 0 Å². The molecule has 0 aromatic heterocycles. The minimum Gasteiger partial charge on any atom is -0.198 e. The Labute approximate surface area is 170 Å². The Kier molecular flexibility index (Phi) is 4.31. The van der Waals surface area contributed by atoms with E-state index in [1.54, 1.807) is 0 Å². The first-order valence-corrected chi connectivity index (χ1v) is 9.82. The van der Waals surface area contributed by atoms with Gasteiger partial charge in [0.05, 0.1) is 12.5 Å². The van der Waals surface area contributed by atoms with E-state index in [4.69, 9.17) is 5.26 Å². The van der Waals surface area contributed by atoms with E-state index >= 15 is 0 Å². The first-order chi connectivity index (χ1) is 14.4. The molecule has 0 saturated heterocycles. The van der Waals surface area contributed by atoms with Gasteiger partial charge >= 0.3 is 0 Å². The summed E-state index contributed by atoms with van der Waals surface area (Å²) in [6.45, 7) is 0. The van der Waals surface area contributed by atoms with Gasteiger partial charge in [0.25, 0.3) is 0 Å². The zero-order valence-electron chi connectivity index (χ0n) is 16.0. The van der Waals surface area contributed by atoms with Crippen molar-refractivity contribution in [1.82, 2.24) is 0 Å². The Morgan fingerprint density at radius 3 is 1.34 bits per heavy atom. The van der Waals surface area contributed by atoms with Crippen LogP contribution in [0.2, 0.25) is 0 Å². The van der Waals surface area contributed by atoms with Gasteiger partial charge in [0.15, 0.2) is 0 Å². The Bertz CT molecular complexity index is 1300. The van der Waals surface area contributed by atoms with Crippen LogP contribution >= 0.6 is 0 Å². The summed E-state index contributed by atoms with van der Waals surface area (Å²) in [5.41, 5.74) is 5.99. The van der Waals surface area contributed by atoms with Gasteiger partial charge in [-0.2, -0.15) is 5.26 Å². The number of nitrogens with zero attached hydrogens (tertiary/aromatic N) is 1. The van der Waals surface area contributed by atoms with E-state index < -0.39 is 0 Å². The molecule has 0 N–H and O–H groups in total. The van der Waals surface area contributed by atoms with Crippen LogP contribution in [0.4, 0.5) is 0 Å². The minimum atomic E-state index is 0.439. The number of hydrogen-bond acceptors (Lipinski definition) is 1. The highest BCUT2D eigenvalue weighted by Crippen LogP contribution is 2.43. The van der Waals surface area contributed by atoms with Crippen molar-refractivity contribution in [2.45, 2.75) is 6.42 Å². The normalized spacial score (nSPS) is 10.9. The molecule has 0 unspecified atom stereocenters. The number of fused-ring (bicyclic) bond motifs is 2. The molecular weight excluding hydrogens is 350 g/mol. The molecule has 5 aromatic rings. The average Bonchev–Trinajstić information content (AvgIpc) is 2.79. The number of hydrogen-bond donors (Lipinski definition) is 0. The SMILES string of the molecule is N#CCc1ccc(-c2c3ccccc3c(-c3ccccc3)c3ccccc23)cc1. The van der Waals surface area contributed by atoms with E-state index in [0.29, 0.717) is 6.42 Å². The van der Waals surface area contributed by atoms with Crippen molar-refractivity contribution in [2.75, 3.05) is 0 Å². The van der Waals surface area contributed by atoms with Crippen LogP contribution in [0.1, 0.15) is 5.56 Å². The molecule has 0 atom stereocenters. The second-order valence-corrected chi connectivity index (χ2v) is 7.24. The lowest BCUT2D eigenvalue weighted by molar-refractivity contribution is 1.26. The van der Waals surface area contributed by atoms with Crippen molar-refractivity contribution in [3.63, 3.8) is 0 Å². The van der Waals surface area contributed by atoms with Gasteiger partial charge < -0.3 is 0 Å². The van der Waals surface area contributed by atoms with Gasteiger partial charge in [0.2, 0.25) is 0 Å². The Morgan fingerprint density at radius 1 is 0.483 bits per heavy atom. The lowest BCUT2D eigenvalue weighted by Crippen LogP contribution is -1.91. The highest BCUT2D eigenvalue weighted by atomic mass is 14.2. The molecule has 0 aliphatic carbocycles. The smallest absolute Gasteiger partial charge is 0.0669 e. The first-order valence-electron chi connectivity index (χ1n) is 9.82. The summed E-state index contributed by atoms with van der Waals surface area (Å²) < 4.78 is 0. The van der Waals surface area contributed by atoms with Crippen LogP contribution in [0.5, 0.6) is 0 Å². The molecule has 29 heavy (non-hydrogen) atoms. The number of rotatable bonds is 3. The molecule has 136 valence electrons. The molecular formula is C28H19N. The second-order valence-electron chi connectivity index (χ2n) is 7.24. The standard InChI is InChI=1S/C28H19N/c29-19-18-20-14-16-22(17-15-20)28-25-12-6-4-10-23(25)27(21-8-2-1-3-9-21)24-11-5-7-13-26(24)28/h1-17H,18H2. The van der Waals surface area contributed by atoms with Crippen LogP contribution in [0, 0.1) is 11.3 Å². The van der Waals surface area contributed by atoms with E-state index in [2.05, 4.69) is 109 Å². The van der Waals surface area contributed by atoms with Crippen LogP contribution in [-0.2, 0) is 6.42 Å². The summed E-state index contributed by atoms with van der Waals surface area (Å²) >= 11 is 0. The highest BCUT2D eigenvalue weighted by Gasteiger charge is 2.15. The fourth-order valence-electron chi connectivity index (χ4n) is 4.24. The number of nitriles is 1. The molecule has 0 amide bonds. The molecule has 0 saturated carbocycles. The summed E-state index contributed by atoms with van der Waals surface area (Å²) in [5.74, 6) is 0. The third kappa shape index (κ3) is 2.96. The van der Waals surface area contributed by atoms with Gasteiger partial charge in [-0.1, -0.05) is 103 Å². The maximum atomic E-state index is 8.98. The fourth-order valence-corrected chi connectivity index (χ4v) is 4.24. The average molecular weight is 369 g/mol. The van der Waals surface area contributed by atoms with Gasteiger partial charge in [-0.25, -0.2) is 0 Å². The summed E-state index contributed by atoms with van der Waals surface area (Å²) in [7, 11) is 0. The van der Waals surface area contributed by atoms with Gasteiger partial charge in [-0.05, 0) is 49.4 Å². The molecule has 0 heterocycles. The van der Waals surface area contributed by atoms with E-state index in [1.807, 2.05) is 0 Å². The highest BCUT2D eigenvalue weighted by molar-refractivity contribution is 6.21. The van der Waals surface area contributed by atoms with Crippen molar-refractivity contribution in [3.05, 3.63) is 109 Å². The van der Waals surface area contributed by atoms with Crippen molar-refractivity contribution >= 4 is 21.5 Å². The number of benzene rings is 5. The van der Waals surface area contributed by atoms with E-state index in [0.717, 1.165) is 5.56 Å². The third-order valence-corrected chi connectivity index (χ3v) is 5.52. The van der Waals surface area contributed by atoms with Crippen LogP contribution in [-0.4, -0.2) is 0 Å². The van der Waals surface area contributed by atoms with Gasteiger partial charge in [0, 0.05) is 0 Å². The molecule has 1 heteroatoms. The molecule has 0 fully saturated rings. The molecule has 0 radical (unpaired) electrons. The zero-order chi connectivity index (χ0) is 19.6. The van der Waals surface area contributed by atoms with Crippen molar-refractivity contribution in [2.24, 2.45) is 0 Å². The molecule has 5 aromatic carbocycles. The molecule has 0 aliphatic rings. The molecule has 0 spiro atoms. The largest absolute Gasteiger partial charge is 0.198 e. The van der Waals surface area contributed by atoms with Crippen LogP contribution < -0.4 is 0 Å². The third-order valence-electron chi connectivity index (χ3n) is 5.52. The molecule has 1 nitrogen and oxygen atoms in total. The Balaban J connectivity index is 1.89. The molecule has 0 aliphatic heterocycles. The fraction of sp³-hybridized carbons (Fsp3) is 0.0357. The van der Waals surface area contributed by atoms with E-state index in [1.165, 1.54) is 43.8 Å². The van der Waals surface area contributed by atoms with Crippen molar-refractivity contribution in [1.29, 1.82) is 5.26 Å². The van der Waals surface area contributed by atoms with Crippen LogP contribution in [0.3, 0.4) is 0 Å². The quantitative estimate of drug-likeness (QED) is 0.304. The second kappa shape index (κ2) is 7.26. The summed E-state index contributed by atoms with van der Waals surface area (Å²) in [6.07, 6.45) is 0.439. The van der Waals surface area contributed by atoms with E-state index in [9.17, 15) is 0 Å². The van der Waals surface area contributed by atoms with Crippen LogP contribution in [0.15, 0.2) is 103 Å². The summed E-state index contributed by atoms with van der Waals surface area (Å²) in [5, 5.41) is 14.0. The first kappa shape index (κ1) is 17.2. The summed E-state index contributed by atoms with van der Waals surface area (Å²) in [4.78, 5) is 0. The van der Waals surface area contributed by atoms with Gasteiger partial charge in [0.1, 0.15) is 0 Å². The predicted molar refractivity (Wildman–Crippen MR) is 122 cm³/mol. The Hall–Kier alpha value is -3.89. The molecule has 5 rings (SSSR count). The topological polar surface area (TPSA) is 23.8 Å². The predicted octanol–water partition coefficient (Wildman–Crippen LogP) is 7.39. The summed E-state index contributed by atoms with van der Waals surface area (Å²) in [6, 6.07) is 38.6. The Morgan fingerprint density at radius 2 is 0.897 bits per heavy atom.